The fraction of sp³-hybridized carbons (Fsp3) is 0.0588. The fourth-order valence-corrected chi connectivity index (χ4v) is 2.38. The molecule has 0 spiro atoms. The SMILES string of the molecule is O=C(/C=C/c1cccc(Br)c1)OCC(=O)c1ccccc1Cl. The summed E-state index contributed by atoms with van der Waals surface area (Å²) in [7, 11) is 0. The van der Waals surface area contributed by atoms with Crippen molar-refractivity contribution < 1.29 is 14.3 Å². The average molecular weight is 380 g/mol. The summed E-state index contributed by atoms with van der Waals surface area (Å²) in [5.74, 6) is -0.921. The monoisotopic (exact) mass is 378 g/mol. The van der Waals surface area contributed by atoms with Gasteiger partial charge in [-0.25, -0.2) is 4.79 Å². The van der Waals surface area contributed by atoms with Gasteiger partial charge in [0, 0.05) is 16.1 Å². The van der Waals surface area contributed by atoms with Crippen molar-refractivity contribution in [1.82, 2.24) is 0 Å². The standard InChI is InChI=1S/C17H12BrClO3/c18-13-5-3-4-12(10-13)8-9-17(21)22-11-16(20)14-6-1-2-7-15(14)19/h1-10H,11H2/b9-8+. The van der Waals surface area contributed by atoms with Gasteiger partial charge < -0.3 is 4.74 Å². The number of hydrogen-bond donors (Lipinski definition) is 0. The van der Waals surface area contributed by atoms with Crippen LogP contribution >= 0.6 is 27.5 Å². The third kappa shape index (κ3) is 4.83. The van der Waals surface area contributed by atoms with Gasteiger partial charge in [-0.1, -0.05) is 51.8 Å². The Bertz CT molecular complexity index is 725. The third-order valence-electron chi connectivity index (χ3n) is 2.78. The Balaban J connectivity index is 1.90. The summed E-state index contributed by atoms with van der Waals surface area (Å²) in [6.07, 6.45) is 2.90. The second-order valence-corrected chi connectivity index (χ2v) is 5.72. The molecular weight excluding hydrogens is 368 g/mol. The molecule has 2 aromatic rings. The van der Waals surface area contributed by atoms with Gasteiger partial charge in [0.15, 0.2) is 6.61 Å². The second-order valence-electron chi connectivity index (χ2n) is 4.40. The molecule has 0 unspecified atom stereocenters. The van der Waals surface area contributed by atoms with Gasteiger partial charge in [0.25, 0.3) is 0 Å². The van der Waals surface area contributed by atoms with Gasteiger partial charge >= 0.3 is 5.97 Å². The van der Waals surface area contributed by atoms with E-state index in [-0.39, 0.29) is 12.4 Å². The number of esters is 1. The summed E-state index contributed by atoms with van der Waals surface area (Å²) in [4.78, 5) is 23.5. The number of hydrogen-bond acceptors (Lipinski definition) is 3. The lowest BCUT2D eigenvalue weighted by Gasteiger charge is -2.03. The van der Waals surface area contributed by atoms with Crippen LogP contribution in [0, 0.1) is 0 Å². The molecule has 0 aliphatic carbocycles. The van der Waals surface area contributed by atoms with Crippen LogP contribution in [0.2, 0.25) is 5.02 Å². The van der Waals surface area contributed by atoms with Crippen molar-refractivity contribution in [2.75, 3.05) is 6.61 Å². The van der Waals surface area contributed by atoms with Crippen molar-refractivity contribution >= 4 is 45.4 Å². The van der Waals surface area contributed by atoms with Crippen LogP contribution in [0.25, 0.3) is 6.08 Å². The normalized spacial score (nSPS) is 10.6. The molecular formula is C17H12BrClO3. The molecule has 0 N–H and O–H groups in total. The maximum absolute atomic E-state index is 11.9. The smallest absolute Gasteiger partial charge is 0.331 e. The zero-order valence-electron chi connectivity index (χ0n) is 11.5. The number of Topliss-reactive ketones (excluding diaryl/α,β-unsaturated/α-hetero) is 1. The van der Waals surface area contributed by atoms with Crippen LogP contribution < -0.4 is 0 Å². The quantitative estimate of drug-likeness (QED) is 0.435. The molecule has 0 atom stereocenters. The molecule has 2 rings (SSSR count). The van der Waals surface area contributed by atoms with E-state index in [2.05, 4.69) is 15.9 Å². The van der Waals surface area contributed by atoms with Crippen LogP contribution in [0.1, 0.15) is 15.9 Å². The molecule has 0 aliphatic rings. The molecule has 3 nitrogen and oxygen atoms in total. The highest BCUT2D eigenvalue weighted by atomic mass is 79.9. The summed E-state index contributed by atoms with van der Waals surface area (Å²) < 4.78 is 5.83. The zero-order chi connectivity index (χ0) is 15.9. The second kappa shape index (κ2) is 7.92. The predicted octanol–water partition coefficient (Wildman–Crippen LogP) is 4.54. The largest absolute Gasteiger partial charge is 0.454 e. The summed E-state index contributed by atoms with van der Waals surface area (Å²) in [6.45, 7) is -0.342. The number of carbonyl (C=O) groups excluding carboxylic acids is 2. The van der Waals surface area contributed by atoms with Gasteiger partial charge in [-0.15, -0.1) is 0 Å². The van der Waals surface area contributed by atoms with E-state index in [0.717, 1.165) is 10.0 Å². The highest BCUT2D eigenvalue weighted by Gasteiger charge is 2.11. The lowest BCUT2D eigenvalue weighted by atomic mass is 10.1. The van der Waals surface area contributed by atoms with Crippen molar-refractivity contribution in [2.45, 2.75) is 0 Å². The Morgan fingerprint density at radius 3 is 2.64 bits per heavy atom. The summed E-state index contributed by atoms with van der Waals surface area (Å²) in [6, 6.07) is 14.1. The van der Waals surface area contributed by atoms with Crippen LogP contribution in [0.3, 0.4) is 0 Å². The number of rotatable bonds is 5. The van der Waals surface area contributed by atoms with Crippen molar-refractivity contribution in [3.05, 3.63) is 75.2 Å². The van der Waals surface area contributed by atoms with Gasteiger partial charge in [-0.3, -0.25) is 4.79 Å². The summed E-state index contributed by atoms with van der Waals surface area (Å²) >= 11 is 9.26. The van der Waals surface area contributed by atoms with E-state index in [4.69, 9.17) is 16.3 Å². The molecule has 5 heteroatoms. The van der Waals surface area contributed by atoms with Crippen molar-refractivity contribution in [1.29, 1.82) is 0 Å². The van der Waals surface area contributed by atoms with Gasteiger partial charge in [0.2, 0.25) is 5.78 Å². The van der Waals surface area contributed by atoms with Crippen LogP contribution in [-0.4, -0.2) is 18.4 Å². The first kappa shape index (κ1) is 16.5. The van der Waals surface area contributed by atoms with E-state index >= 15 is 0 Å². The summed E-state index contributed by atoms with van der Waals surface area (Å²) in [5.41, 5.74) is 1.19. The van der Waals surface area contributed by atoms with Crippen molar-refractivity contribution in [3.8, 4) is 0 Å². The van der Waals surface area contributed by atoms with E-state index in [1.54, 1.807) is 30.3 Å². The number of ketones is 1. The topological polar surface area (TPSA) is 43.4 Å². The molecule has 0 fully saturated rings. The molecule has 0 saturated carbocycles. The van der Waals surface area contributed by atoms with Crippen LogP contribution in [0.4, 0.5) is 0 Å². The maximum Gasteiger partial charge on any atom is 0.331 e. The minimum absolute atomic E-state index is 0.338. The molecule has 0 amide bonds. The number of carbonyl (C=O) groups is 2. The van der Waals surface area contributed by atoms with Gasteiger partial charge in [-0.05, 0) is 35.9 Å². The molecule has 0 heterocycles. The predicted molar refractivity (Wildman–Crippen MR) is 89.9 cm³/mol. The van der Waals surface area contributed by atoms with E-state index < -0.39 is 5.97 Å². The average Bonchev–Trinajstić information content (AvgIpc) is 2.51. The molecule has 22 heavy (non-hydrogen) atoms. The first-order chi connectivity index (χ1) is 10.6. The van der Waals surface area contributed by atoms with E-state index in [0.29, 0.717) is 10.6 Å². The van der Waals surface area contributed by atoms with Crippen molar-refractivity contribution in [2.24, 2.45) is 0 Å². The molecule has 0 bridgehead atoms. The molecule has 0 aliphatic heterocycles. The Labute approximate surface area is 141 Å². The first-order valence-electron chi connectivity index (χ1n) is 6.44. The molecule has 0 radical (unpaired) electrons. The fourth-order valence-electron chi connectivity index (χ4n) is 1.72. The third-order valence-corrected chi connectivity index (χ3v) is 3.60. The van der Waals surface area contributed by atoms with E-state index in [9.17, 15) is 9.59 Å². The number of halogens is 2. The lowest BCUT2D eigenvalue weighted by molar-refractivity contribution is -0.136. The first-order valence-corrected chi connectivity index (χ1v) is 7.61. The molecule has 0 saturated heterocycles. The maximum atomic E-state index is 11.9. The number of benzene rings is 2. The molecule has 0 aromatic heterocycles. The Morgan fingerprint density at radius 2 is 1.91 bits per heavy atom. The van der Waals surface area contributed by atoms with Gasteiger partial charge in [0.05, 0.1) is 5.02 Å². The van der Waals surface area contributed by atoms with Gasteiger partial charge in [0.1, 0.15) is 0 Å². The number of ether oxygens (including phenoxy) is 1. The Kier molecular flexibility index (Phi) is 5.92. The van der Waals surface area contributed by atoms with Crippen LogP contribution in [0.15, 0.2) is 59.1 Å². The van der Waals surface area contributed by atoms with Crippen LogP contribution in [-0.2, 0) is 9.53 Å². The molecule has 112 valence electrons. The van der Waals surface area contributed by atoms with E-state index in [1.807, 2.05) is 24.3 Å². The highest BCUT2D eigenvalue weighted by Crippen LogP contribution is 2.15. The highest BCUT2D eigenvalue weighted by molar-refractivity contribution is 9.10. The lowest BCUT2D eigenvalue weighted by Crippen LogP contribution is -2.12. The Hall–Kier alpha value is -1.91. The van der Waals surface area contributed by atoms with Gasteiger partial charge in [-0.2, -0.15) is 0 Å². The minimum Gasteiger partial charge on any atom is -0.454 e. The van der Waals surface area contributed by atoms with Crippen molar-refractivity contribution in [3.63, 3.8) is 0 Å². The Morgan fingerprint density at radius 1 is 1.14 bits per heavy atom. The minimum atomic E-state index is -0.583. The summed E-state index contributed by atoms with van der Waals surface area (Å²) in [5, 5.41) is 0.341. The zero-order valence-corrected chi connectivity index (χ0v) is 13.8. The van der Waals surface area contributed by atoms with Crippen LogP contribution in [0.5, 0.6) is 0 Å². The van der Waals surface area contributed by atoms with E-state index in [1.165, 1.54) is 6.08 Å². The molecule has 2 aromatic carbocycles.